The topological polar surface area (TPSA) is 76.7 Å². The van der Waals surface area contributed by atoms with Crippen molar-refractivity contribution in [1.82, 2.24) is 5.32 Å². The molecular weight excluding hydrogens is 272 g/mol. The first-order valence-electron chi connectivity index (χ1n) is 6.97. The van der Waals surface area contributed by atoms with Gasteiger partial charge in [-0.1, -0.05) is 0 Å². The largest absolute Gasteiger partial charge is 0.497 e. The zero-order valence-electron chi connectivity index (χ0n) is 12.2. The van der Waals surface area contributed by atoms with Crippen molar-refractivity contribution in [3.63, 3.8) is 0 Å². The Hall–Kier alpha value is -2.08. The van der Waals surface area contributed by atoms with Gasteiger partial charge in [0.2, 0.25) is 0 Å². The molecule has 1 heterocycles. The van der Waals surface area contributed by atoms with Crippen LogP contribution in [0.2, 0.25) is 0 Å². The summed E-state index contributed by atoms with van der Waals surface area (Å²) in [4.78, 5) is 23.7. The van der Waals surface area contributed by atoms with Crippen LogP contribution in [0.4, 0.5) is 5.69 Å². The maximum atomic E-state index is 11.8. The second-order valence-electron chi connectivity index (χ2n) is 5.00. The minimum atomic E-state index is -0.690. The van der Waals surface area contributed by atoms with E-state index in [4.69, 9.17) is 9.47 Å². The highest BCUT2D eigenvalue weighted by Crippen LogP contribution is 2.16. The zero-order chi connectivity index (χ0) is 15.2. The molecule has 1 aliphatic rings. The Kier molecular flexibility index (Phi) is 5.16. The summed E-state index contributed by atoms with van der Waals surface area (Å²) in [7, 11) is 1.56. The molecule has 1 aliphatic heterocycles. The van der Waals surface area contributed by atoms with Crippen molar-refractivity contribution >= 4 is 17.5 Å². The predicted molar refractivity (Wildman–Crippen MR) is 78.2 cm³/mol. The summed E-state index contributed by atoms with van der Waals surface area (Å²) in [5, 5.41) is 5.21. The molecule has 0 bridgehead atoms. The number of nitrogens with one attached hydrogen (secondary N) is 2. The van der Waals surface area contributed by atoms with Crippen LogP contribution in [-0.2, 0) is 14.3 Å². The van der Waals surface area contributed by atoms with Crippen molar-refractivity contribution in [2.45, 2.75) is 31.9 Å². The Morgan fingerprint density at radius 3 is 2.57 bits per heavy atom. The highest BCUT2D eigenvalue weighted by molar-refractivity contribution is 6.39. The summed E-state index contributed by atoms with van der Waals surface area (Å²) in [6, 6.07) is 6.59. The third-order valence-electron chi connectivity index (χ3n) is 3.44. The van der Waals surface area contributed by atoms with E-state index in [0.29, 0.717) is 18.0 Å². The van der Waals surface area contributed by atoms with Gasteiger partial charge in [0.25, 0.3) is 0 Å². The van der Waals surface area contributed by atoms with Gasteiger partial charge in [-0.2, -0.15) is 0 Å². The van der Waals surface area contributed by atoms with Gasteiger partial charge < -0.3 is 20.1 Å². The van der Waals surface area contributed by atoms with Crippen LogP contribution in [0.25, 0.3) is 0 Å². The van der Waals surface area contributed by atoms with Gasteiger partial charge in [-0.25, -0.2) is 0 Å². The lowest BCUT2D eigenvalue weighted by atomic mass is 10.1. The van der Waals surface area contributed by atoms with E-state index in [1.54, 1.807) is 31.4 Å². The maximum absolute atomic E-state index is 11.8. The SMILES string of the molecule is COc1ccc(NC(=O)C(=O)NC(C)C2CCCO2)cc1. The molecule has 1 saturated heterocycles. The Morgan fingerprint density at radius 2 is 2.00 bits per heavy atom. The molecule has 2 unspecified atom stereocenters. The molecule has 114 valence electrons. The molecule has 0 saturated carbocycles. The molecule has 1 aromatic rings. The van der Waals surface area contributed by atoms with E-state index < -0.39 is 11.8 Å². The maximum Gasteiger partial charge on any atom is 0.313 e. The van der Waals surface area contributed by atoms with Crippen molar-refractivity contribution < 1.29 is 19.1 Å². The average molecular weight is 292 g/mol. The molecule has 21 heavy (non-hydrogen) atoms. The number of benzene rings is 1. The number of carbonyl (C=O) groups excluding carboxylic acids is 2. The average Bonchev–Trinajstić information content (AvgIpc) is 3.02. The van der Waals surface area contributed by atoms with Crippen molar-refractivity contribution in [3.8, 4) is 5.75 Å². The molecule has 2 atom stereocenters. The molecular formula is C15H20N2O4. The van der Waals surface area contributed by atoms with E-state index in [1.165, 1.54) is 0 Å². The van der Waals surface area contributed by atoms with Gasteiger partial charge in [0.1, 0.15) is 5.75 Å². The highest BCUT2D eigenvalue weighted by Gasteiger charge is 2.25. The zero-order valence-corrected chi connectivity index (χ0v) is 12.2. The fourth-order valence-corrected chi connectivity index (χ4v) is 2.22. The first-order chi connectivity index (χ1) is 10.1. The molecule has 6 nitrogen and oxygen atoms in total. The van der Waals surface area contributed by atoms with Crippen LogP contribution in [0.5, 0.6) is 5.75 Å². The fraction of sp³-hybridized carbons (Fsp3) is 0.467. The Labute approximate surface area is 123 Å². The number of hydrogen-bond acceptors (Lipinski definition) is 4. The number of carbonyl (C=O) groups is 2. The van der Waals surface area contributed by atoms with Crippen molar-refractivity contribution in [2.24, 2.45) is 0 Å². The fourth-order valence-electron chi connectivity index (χ4n) is 2.22. The minimum Gasteiger partial charge on any atom is -0.497 e. The molecule has 2 amide bonds. The standard InChI is InChI=1S/C15H20N2O4/c1-10(13-4-3-9-21-13)16-14(18)15(19)17-11-5-7-12(20-2)8-6-11/h5-8,10,13H,3-4,9H2,1-2H3,(H,16,18)(H,17,19). The second kappa shape index (κ2) is 7.08. The van der Waals surface area contributed by atoms with Crippen LogP contribution >= 0.6 is 0 Å². The normalized spacial score (nSPS) is 18.9. The molecule has 2 N–H and O–H groups in total. The van der Waals surface area contributed by atoms with E-state index in [9.17, 15) is 9.59 Å². The summed E-state index contributed by atoms with van der Waals surface area (Å²) < 4.78 is 10.5. The monoisotopic (exact) mass is 292 g/mol. The number of ether oxygens (including phenoxy) is 2. The van der Waals surface area contributed by atoms with Crippen LogP contribution in [0.1, 0.15) is 19.8 Å². The summed E-state index contributed by atoms with van der Waals surface area (Å²) >= 11 is 0. The number of methoxy groups -OCH3 is 1. The third kappa shape index (κ3) is 4.19. The van der Waals surface area contributed by atoms with Gasteiger partial charge in [0.05, 0.1) is 19.3 Å². The quantitative estimate of drug-likeness (QED) is 0.821. The molecule has 1 aromatic carbocycles. The van der Waals surface area contributed by atoms with Crippen LogP contribution in [-0.4, -0.2) is 37.7 Å². The first-order valence-corrected chi connectivity index (χ1v) is 6.97. The lowest BCUT2D eigenvalue weighted by Gasteiger charge is -2.19. The van der Waals surface area contributed by atoms with Crippen molar-refractivity contribution in [2.75, 3.05) is 19.0 Å². The highest BCUT2D eigenvalue weighted by atomic mass is 16.5. The molecule has 6 heteroatoms. The van der Waals surface area contributed by atoms with E-state index in [0.717, 1.165) is 12.8 Å². The summed E-state index contributed by atoms with van der Waals surface area (Å²) in [5.74, 6) is -0.664. The van der Waals surface area contributed by atoms with Crippen LogP contribution in [0, 0.1) is 0 Å². The second-order valence-corrected chi connectivity index (χ2v) is 5.00. The van der Waals surface area contributed by atoms with Gasteiger partial charge >= 0.3 is 11.8 Å². The van der Waals surface area contributed by atoms with E-state index in [1.807, 2.05) is 6.92 Å². The lowest BCUT2D eigenvalue weighted by Crippen LogP contribution is -2.45. The number of rotatable bonds is 4. The third-order valence-corrected chi connectivity index (χ3v) is 3.44. The Bertz CT molecular complexity index is 495. The Balaban J connectivity index is 1.85. The van der Waals surface area contributed by atoms with E-state index in [-0.39, 0.29) is 12.1 Å². The number of hydrogen-bond donors (Lipinski definition) is 2. The van der Waals surface area contributed by atoms with Gasteiger partial charge in [0, 0.05) is 12.3 Å². The molecule has 1 fully saturated rings. The van der Waals surface area contributed by atoms with Gasteiger partial charge in [0.15, 0.2) is 0 Å². The molecule has 0 radical (unpaired) electrons. The van der Waals surface area contributed by atoms with Crippen molar-refractivity contribution in [1.29, 1.82) is 0 Å². The minimum absolute atomic E-state index is 0.0114. The summed E-state index contributed by atoms with van der Waals surface area (Å²) in [5.41, 5.74) is 0.542. The molecule has 0 spiro atoms. The smallest absolute Gasteiger partial charge is 0.313 e. The van der Waals surface area contributed by atoms with E-state index in [2.05, 4.69) is 10.6 Å². The first kappa shape index (κ1) is 15.3. The number of amides is 2. The molecule has 0 aromatic heterocycles. The predicted octanol–water partition coefficient (Wildman–Crippen LogP) is 1.32. The van der Waals surface area contributed by atoms with Crippen LogP contribution < -0.4 is 15.4 Å². The molecule has 0 aliphatic carbocycles. The number of anilines is 1. The van der Waals surface area contributed by atoms with Crippen LogP contribution in [0.15, 0.2) is 24.3 Å². The summed E-state index contributed by atoms with van der Waals surface area (Å²) in [6.45, 7) is 2.55. The summed E-state index contributed by atoms with van der Waals surface area (Å²) in [6.07, 6.45) is 1.88. The van der Waals surface area contributed by atoms with E-state index >= 15 is 0 Å². The van der Waals surface area contributed by atoms with Gasteiger partial charge in [-0.3, -0.25) is 9.59 Å². The van der Waals surface area contributed by atoms with Gasteiger partial charge in [-0.05, 0) is 44.0 Å². The molecule has 2 rings (SSSR count). The van der Waals surface area contributed by atoms with Gasteiger partial charge in [-0.15, -0.1) is 0 Å². The van der Waals surface area contributed by atoms with Crippen molar-refractivity contribution in [3.05, 3.63) is 24.3 Å². The van der Waals surface area contributed by atoms with Crippen LogP contribution in [0.3, 0.4) is 0 Å². The lowest BCUT2D eigenvalue weighted by molar-refractivity contribution is -0.137. The Morgan fingerprint density at radius 1 is 1.29 bits per heavy atom.